The molecule has 2 aromatic carbocycles. The number of hydrogen-bond acceptors (Lipinski definition) is 1. The van der Waals surface area contributed by atoms with Crippen molar-refractivity contribution in [2.75, 3.05) is 0 Å². The van der Waals surface area contributed by atoms with Gasteiger partial charge in [-0.1, -0.05) is 34.1 Å². The Morgan fingerprint density at radius 1 is 1.11 bits per heavy atom. The van der Waals surface area contributed by atoms with Gasteiger partial charge in [0.2, 0.25) is 0 Å². The van der Waals surface area contributed by atoms with Gasteiger partial charge in [0.25, 0.3) is 0 Å². The van der Waals surface area contributed by atoms with Crippen LogP contribution in [0.5, 0.6) is 0 Å². The van der Waals surface area contributed by atoms with Crippen molar-refractivity contribution in [1.29, 1.82) is 0 Å². The van der Waals surface area contributed by atoms with Gasteiger partial charge in [0.15, 0.2) is 0 Å². The van der Waals surface area contributed by atoms with Crippen molar-refractivity contribution >= 4 is 26.8 Å². The summed E-state index contributed by atoms with van der Waals surface area (Å²) in [6.07, 6.45) is 1.84. The van der Waals surface area contributed by atoms with Crippen molar-refractivity contribution in [2.24, 2.45) is 0 Å². The lowest BCUT2D eigenvalue weighted by Crippen LogP contribution is -2.01. The maximum atomic E-state index is 12.8. The van der Waals surface area contributed by atoms with E-state index >= 15 is 0 Å². The SMILES string of the molecule is Fc1ccc(Cn2ncc3c(Br)cccc32)cc1. The minimum Gasteiger partial charge on any atom is -0.260 e. The highest BCUT2D eigenvalue weighted by Gasteiger charge is 2.05. The Balaban J connectivity index is 2.00. The third-order valence-electron chi connectivity index (χ3n) is 2.88. The van der Waals surface area contributed by atoms with Crippen LogP contribution in [0.1, 0.15) is 5.56 Å². The lowest BCUT2D eigenvalue weighted by molar-refractivity contribution is 0.625. The number of hydrogen-bond donors (Lipinski definition) is 0. The van der Waals surface area contributed by atoms with E-state index in [0.29, 0.717) is 6.54 Å². The molecule has 1 heterocycles. The van der Waals surface area contributed by atoms with Gasteiger partial charge in [0.05, 0.1) is 18.3 Å². The summed E-state index contributed by atoms with van der Waals surface area (Å²) in [7, 11) is 0. The largest absolute Gasteiger partial charge is 0.260 e. The highest BCUT2D eigenvalue weighted by molar-refractivity contribution is 9.10. The topological polar surface area (TPSA) is 17.8 Å². The molecule has 1 aromatic heterocycles. The molecule has 0 N–H and O–H groups in total. The molecule has 0 saturated heterocycles. The van der Waals surface area contributed by atoms with Crippen molar-refractivity contribution in [3.8, 4) is 0 Å². The fourth-order valence-corrected chi connectivity index (χ4v) is 2.42. The van der Waals surface area contributed by atoms with Crippen LogP contribution >= 0.6 is 15.9 Å². The summed E-state index contributed by atoms with van der Waals surface area (Å²) in [4.78, 5) is 0. The molecular weight excluding hydrogens is 295 g/mol. The zero-order valence-corrected chi connectivity index (χ0v) is 11.1. The maximum absolute atomic E-state index is 12.8. The summed E-state index contributed by atoms with van der Waals surface area (Å²) in [6.45, 7) is 0.639. The Bertz CT molecular complexity index is 689. The van der Waals surface area contributed by atoms with Gasteiger partial charge >= 0.3 is 0 Å². The highest BCUT2D eigenvalue weighted by atomic mass is 79.9. The molecule has 0 amide bonds. The number of nitrogens with zero attached hydrogens (tertiary/aromatic N) is 2. The monoisotopic (exact) mass is 304 g/mol. The van der Waals surface area contributed by atoms with E-state index in [1.165, 1.54) is 12.1 Å². The molecule has 2 nitrogen and oxygen atoms in total. The number of aromatic nitrogens is 2. The van der Waals surface area contributed by atoms with Crippen LogP contribution < -0.4 is 0 Å². The van der Waals surface area contributed by atoms with Crippen molar-refractivity contribution < 1.29 is 4.39 Å². The van der Waals surface area contributed by atoms with E-state index in [0.717, 1.165) is 20.9 Å². The zero-order chi connectivity index (χ0) is 12.5. The van der Waals surface area contributed by atoms with Gasteiger partial charge in [0.1, 0.15) is 5.82 Å². The lowest BCUT2D eigenvalue weighted by atomic mass is 10.2. The number of halogens is 2. The molecule has 0 aliphatic heterocycles. The van der Waals surface area contributed by atoms with Gasteiger partial charge < -0.3 is 0 Å². The van der Waals surface area contributed by atoms with Gasteiger partial charge in [-0.2, -0.15) is 5.10 Å². The molecule has 0 unspecified atom stereocenters. The van der Waals surface area contributed by atoms with E-state index in [-0.39, 0.29) is 5.82 Å². The molecule has 0 saturated carbocycles. The van der Waals surface area contributed by atoms with E-state index in [1.54, 1.807) is 12.1 Å². The van der Waals surface area contributed by atoms with E-state index in [9.17, 15) is 4.39 Å². The van der Waals surface area contributed by atoms with Crippen molar-refractivity contribution in [3.63, 3.8) is 0 Å². The molecule has 4 heteroatoms. The number of rotatable bonds is 2. The maximum Gasteiger partial charge on any atom is 0.123 e. The van der Waals surface area contributed by atoms with Crippen LogP contribution in [0, 0.1) is 5.82 Å². The molecule has 0 aliphatic rings. The third kappa shape index (κ3) is 2.04. The summed E-state index contributed by atoms with van der Waals surface area (Å²) >= 11 is 3.50. The fourth-order valence-electron chi connectivity index (χ4n) is 1.96. The van der Waals surface area contributed by atoms with E-state index in [4.69, 9.17) is 0 Å². The van der Waals surface area contributed by atoms with Crippen LogP contribution in [0.2, 0.25) is 0 Å². The second-order valence-electron chi connectivity index (χ2n) is 4.10. The summed E-state index contributed by atoms with van der Waals surface area (Å²) in [6, 6.07) is 12.5. The van der Waals surface area contributed by atoms with Gasteiger partial charge in [0, 0.05) is 9.86 Å². The summed E-state index contributed by atoms with van der Waals surface area (Å²) in [5, 5.41) is 5.45. The fraction of sp³-hybridized carbons (Fsp3) is 0.0714. The first-order valence-corrected chi connectivity index (χ1v) is 6.38. The molecule has 3 aromatic rings. The molecular formula is C14H10BrFN2. The smallest absolute Gasteiger partial charge is 0.123 e. The van der Waals surface area contributed by atoms with Crippen LogP contribution in [0.25, 0.3) is 10.9 Å². The van der Waals surface area contributed by atoms with Gasteiger partial charge in [-0.25, -0.2) is 4.39 Å². The first kappa shape index (κ1) is 11.4. The normalized spacial score (nSPS) is 11.0. The number of fused-ring (bicyclic) bond motifs is 1. The first-order chi connectivity index (χ1) is 8.74. The van der Waals surface area contributed by atoms with E-state index < -0.39 is 0 Å². The molecule has 18 heavy (non-hydrogen) atoms. The summed E-state index contributed by atoms with van der Waals surface area (Å²) < 4.78 is 15.8. The van der Waals surface area contributed by atoms with E-state index in [1.807, 2.05) is 29.1 Å². The lowest BCUT2D eigenvalue weighted by Gasteiger charge is -2.04. The molecule has 0 radical (unpaired) electrons. The molecule has 0 bridgehead atoms. The minimum absolute atomic E-state index is 0.216. The Labute approximate surface area is 112 Å². The standard InChI is InChI=1S/C14H10BrFN2/c15-13-2-1-3-14-12(13)8-17-18(14)9-10-4-6-11(16)7-5-10/h1-8H,9H2. The quantitative estimate of drug-likeness (QED) is 0.700. The summed E-state index contributed by atoms with van der Waals surface area (Å²) in [5.74, 6) is -0.216. The van der Waals surface area contributed by atoms with Crippen molar-refractivity contribution in [1.82, 2.24) is 9.78 Å². The summed E-state index contributed by atoms with van der Waals surface area (Å²) in [5.41, 5.74) is 2.09. The average Bonchev–Trinajstić information content (AvgIpc) is 2.77. The minimum atomic E-state index is -0.216. The second kappa shape index (κ2) is 4.53. The van der Waals surface area contributed by atoms with Crippen molar-refractivity contribution in [3.05, 3.63) is 64.5 Å². The molecule has 0 spiro atoms. The van der Waals surface area contributed by atoms with Crippen LogP contribution in [-0.2, 0) is 6.54 Å². The Hall–Kier alpha value is -1.68. The van der Waals surface area contributed by atoms with E-state index in [2.05, 4.69) is 21.0 Å². The Kier molecular flexibility index (Phi) is 2.88. The van der Waals surface area contributed by atoms with Gasteiger partial charge in [-0.15, -0.1) is 0 Å². The molecule has 0 fully saturated rings. The average molecular weight is 305 g/mol. The highest BCUT2D eigenvalue weighted by Crippen LogP contribution is 2.23. The Morgan fingerprint density at radius 3 is 2.67 bits per heavy atom. The second-order valence-corrected chi connectivity index (χ2v) is 4.96. The molecule has 90 valence electrons. The number of benzene rings is 2. The predicted molar refractivity (Wildman–Crippen MR) is 72.9 cm³/mol. The van der Waals surface area contributed by atoms with Crippen LogP contribution in [0.15, 0.2) is 53.1 Å². The predicted octanol–water partition coefficient (Wildman–Crippen LogP) is 3.99. The van der Waals surface area contributed by atoms with Gasteiger partial charge in [-0.05, 0) is 29.8 Å². The third-order valence-corrected chi connectivity index (χ3v) is 3.57. The zero-order valence-electron chi connectivity index (χ0n) is 9.48. The molecule has 0 aliphatic carbocycles. The Morgan fingerprint density at radius 2 is 1.89 bits per heavy atom. The molecule has 3 rings (SSSR count). The van der Waals surface area contributed by atoms with Crippen LogP contribution in [0.3, 0.4) is 0 Å². The van der Waals surface area contributed by atoms with Crippen molar-refractivity contribution in [2.45, 2.75) is 6.54 Å². The van der Waals surface area contributed by atoms with Crippen LogP contribution in [-0.4, -0.2) is 9.78 Å². The van der Waals surface area contributed by atoms with Gasteiger partial charge in [-0.3, -0.25) is 4.68 Å². The first-order valence-electron chi connectivity index (χ1n) is 5.58. The van der Waals surface area contributed by atoms with Crippen LogP contribution in [0.4, 0.5) is 4.39 Å². The molecule has 0 atom stereocenters.